The first-order valence-electron chi connectivity index (χ1n) is 4.85. The summed E-state index contributed by atoms with van der Waals surface area (Å²) in [5, 5.41) is 8.83. The lowest BCUT2D eigenvalue weighted by Gasteiger charge is -2.13. The predicted molar refractivity (Wildman–Crippen MR) is 47.7 cm³/mol. The molecule has 0 saturated heterocycles. The zero-order valence-corrected chi connectivity index (χ0v) is 7.95. The highest BCUT2D eigenvalue weighted by Gasteiger charge is 2.31. The van der Waals surface area contributed by atoms with Gasteiger partial charge in [0.15, 0.2) is 0 Å². The maximum atomic E-state index is 11.3. The van der Waals surface area contributed by atoms with Crippen molar-refractivity contribution in [2.45, 2.75) is 32.6 Å². The molecule has 3 heteroatoms. The molecule has 0 aliphatic heterocycles. The van der Waals surface area contributed by atoms with Crippen LogP contribution in [0.1, 0.15) is 32.6 Å². The van der Waals surface area contributed by atoms with Crippen LogP contribution in [0.25, 0.3) is 0 Å². The van der Waals surface area contributed by atoms with Gasteiger partial charge in [-0.2, -0.15) is 5.26 Å². The number of hydrogen-bond acceptors (Lipinski definition) is 3. The fourth-order valence-electron chi connectivity index (χ4n) is 1.87. The number of hydrogen-bond donors (Lipinski definition) is 0. The topological polar surface area (TPSA) is 50.1 Å². The number of ether oxygens (including phenoxy) is 1. The Kier molecular flexibility index (Phi) is 3.75. The van der Waals surface area contributed by atoms with Crippen molar-refractivity contribution >= 4 is 5.97 Å². The van der Waals surface area contributed by atoms with Gasteiger partial charge in [0.25, 0.3) is 0 Å². The molecule has 0 aromatic rings. The molecule has 0 N–H and O–H groups in total. The van der Waals surface area contributed by atoms with Crippen LogP contribution >= 0.6 is 0 Å². The van der Waals surface area contributed by atoms with Gasteiger partial charge in [0.1, 0.15) is 5.92 Å². The molecule has 1 fully saturated rings. The molecule has 0 aromatic carbocycles. The lowest BCUT2D eigenvalue weighted by atomic mass is 9.92. The van der Waals surface area contributed by atoms with Gasteiger partial charge in [-0.25, -0.2) is 0 Å². The van der Waals surface area contributed by atoms with E-state index in [0.29, 0.717) is 6.61 Å². The molecular formula is C10H15NO2. The van der Waals surface area contributed by atoms with Crippen molar-refractivity contribution < 1.29 is 9.53 Å². The zero-order chi connectivity index (χ0) is 9.68. The molecule has 1 aliphatic rings. The van der Waals surface area contributed by atoms with Crippen LogP contribution in [0.3, 0.4) is 0 Å². The third-order valence-electron chi connectivity index (χ3n) is 2.55. The van der Waals surface area contributed by atoms with Crippen LogP contribution < -0.4 is 0 Å². The monoisotopic (exact) mass is 181 g/mol. The highest BCUT2D eigenvalue weighted by atomic mass is 16.5. The van der Waals surface area contributed by atoms with E-state index in [-0.39, 0.29) is 11.9 Å². The minimum atomic E-state index is -0.526. The number of nitriles is 1. The van der Waals surface area contributed by atoms with Gasteiger partial charge in [-0.05, 0) is 25.7 Å². The van der Waals surface area contributed by atoms with Crippen molar-refractivity contribution in [2.24, 2.45) is 11.8 Å². The maximum Gasteiger partial charge on any atom is 0.323 e. The summed E-state index contributed by atoms with van der Waals surface area (Å²) in [5.41, 5.74) is 0. The van der Waals surface area contributed by atoms with Gasteiger partial charge < -0.3 is 4.74 Å². The molecule has 1 rings (SSSR count). The molecule has 13 heavy (non-hydrogen) atoms. The molecule has 3 nitrogen and oxygen atoms in total. The van der Waals surface area contributed by atoms with Crippen molar-refractivity contribution in [1.29, 1.82) is 5.26 Å². The van der Waals surface area contributed by atoms with Gasteiger partial charge in [0.2, 0.25) is 0 Å². The standard InChI is InChI=1S/C10H15NO2/c1-2-13-10(12)9(7-11)8-5-3-4-6-8/h8-9H,2-6H2,1H3. The molecule has 1 atom stereocenters. The second-order valence-electron chi connectivity index (χ2n) is 3.40. The summed E-state index contributed by atoms with van der Waals surface area (Å²) in [6.45, 7) is 2.13. The van der Waals surface area contributed by atoms with Gasteiger partial charge in [-0.1, -0.05) is 12.8 Å². The number of carbonyl (C=O) groups is 1. The molecule has 0 radical (unpaired) electrons. The highest BCUT2D eigenvalue weighted by Crippen LogP contribution is 2.31. The highest BCUT2D eigenvalue weighted by molar-refractivity contribution is 5.75. The van der Waals surface area contributed by atoms with E-state index in [9.17, 15) is 4.79 Å². The van der Waals surface area contributed by atoms with E-state index in [0.717, 1.165) is 25.7 Å². The molecule has 0 aromatic heterocycles. The third kappa shape index (κ3) is 2.45. The number of esters is 1. The molecule has 0 amide bonds. The Hall–Kier alpha value is -1.04. The first kappa shape index (κ1) is 10.0. The second kappa shape index (κ2) is 4.86. The summed E-state index contributed by atoms with van der Waals surface area (Å²) in [7, 11) is 0. The molecule has 0 heterocycles. The van der Waals surface area contributed by atoms with Crippen LogP contribution in [-0.2, 0) is 9.53 Å². The van der Waals surface area contributed by atoms with E-state index in [2.05, 4.69) is 6.07 Å². The van der Waals surface area contributed by atoms with Crippen LogP contribution in [0.2, 0.25) is 0 Å². The van der Waals surface area contributed by atoms with E-state index < -0.39 is 5.92 Å². The number of rotatable bonds is 3. The van der Waals surface area contributed by atoms with Crippen molar-refractivity contribution in [3.63, 3.8) is 0 Å². The molecule has 0 bridgehead atoms. The van der Waals surface area contributed by atoms with E-state index in [1.54, 1.807) is 6.92 Å². The molecule has 72 valence electrons. The van der Waals surface area contributed by atoms with Crippen LogP contribution in [0.4, 0.5) is 0 Å². The second-order valence-corrected chi connectivity index (χ2v) is 3.40. The summed E-state index contributed by atoms with van der Waals surface area (Å²) in [6.07, 6.45) is 4.28. The van der Waals surface area contributed by atoms with Crippen molar-refractivity contribution in [3.8, 4) is 6.07 Å². The number of carbonyl (C=O) groups excluding carboxylic acids is 1. The van der Waals surface area contributed by atoms with E-state index in [4.69, 9.17) is 10.00 Å². The minimum absolute atomic E-state index is 0.240. The van der Waals surface area contributed by atoms with Crippen LogP contribution in [-0.4, -0.2) is 12.6 Å². The fourth-order valence-corrected chi connectivity index (χ4v) is 1.87. The first-order chi connectivity index (χ1) is 6.29. The predicted octanol–water partition coefficient (Wildman–Crippen LogP) is 1.88. The first-order valence-corrected chi connectivity index (χ1v) is 4.85. The van der Waals surface area contributed by atoms with Gasteiger partial charge in [0, 0.05) is 0 Å². The molecule has 1 unspecified atom stereocenters. The van der Waals surface area contributed by atoms with E-state index in [1.807, 2.05) is 0 Å². The Balaban J connectivity index is 2.51. The Morgan fingerprint density at radius 2 is 2.23 bits per heavy atom. The summed E-state index contributed by atoms with van der Waals surface area (Å²) in [4.78, 5) is 11.3. The molecule has 1 aliphatic carbocycles. The molecule has 0 spiro atoms. The van der Waals surface area contributed by atoms with E-state index >= 15 is 0 Å². The minimum Gasteiger partial charge on any atom is -0.465 e. The average molecular weight is 181 g/mol. The Morgan fingerprint density at radius 3 is 2.69 bits per heavy atom. The van der Waals surface area contributed by atoms with Crippen molar-refractivity contribution in [1.82, 2.24) is 0 Å². The zero-order valence-electron chi connectivity index (χ0n) is 7.95. The van der Waals surface area contributed by atoms with Crippen molar-refractivity contribution in [2.75, 3.05) is 6.61 Å². The van der Waals surface area contributed by atoms with E-state index in [1.165, 1.54) is 0 Å². The summed E-state index contributed by atoms with van der Waals surface area (Å²) in [6, 6.07) is 2.05. The lowest BCUT2D eigenvalue weighted by molar-refractivity contribution is -0.147. The maximum absolute atomic E-state index is 11.3. The van der Waals surface area contributed by atoms with Crippen LogP contribution in [0, 0.1) is 23.2 Å². The van der Waals surface area contributed by atoms with Gasteiger partial charge in [-0.3, -0.25) is 4.79 Å². The molecule has 1 saturated carbocycles. The quantitative estimate of drug-likeness (QED) is 0.624. The third-order valence-corrected chi connectivity index (χ3v) is 2.55. The smallest absolute Gasteiger partial charge is 0.323 e. The van der Waals surface area contributed by atoms with Gasteiger partial charge in [-0.15, -0.1) is 0 Å². The lowest BCUT2D eigenvalue weighted by Crippen LogP contribution is -2.22. The summed E-state index contributed by atoms with van der Waals surface area (Å²) >= 11 is 0. The normalized spacial score (nSPS) is 19.4. The SMILES string of the molecule is CCOC(=O)C(C#N)C1CCCC1. The Bertz CT molecular complexity index is 213. The fraction of sp³-hybridized carbons (Fsp3) is 0.800. The number of nitrogens with zero attached hydrogens (tertiary/aromatic N) is 1. The summed E-state index contributed by atoms with van der Waals surface area (Å²) in [5.74, 6) is -0.622. The van der Waals surface area contributed by atoms with Gasteiger partial charge in [0.05, 0.1) is 12.7 Å². The van der Waals surface area contributed by atoms with Crippen LogP contribution in [0.15, 0.2) is 0 Å². The Morgan fingerprint density at radius 1 is 1.62 bits per heavy atom. The largest absolute Gasteiger partial charge is 0.465 e. The molecular weight excluding hydrogens is 166 g/mol. The Labute approximate surface area is 78.7 Å². The average Bonchev–Trinajstić information content (AvgIpc) is 2.59. The summed E-state index contributed by atoms with van der Waals surface area (Å²) < 4.78 is 4.85. The van der Waals surface area contributed by atoms with Crippen molar-refractivity contribution in [3.05, 3.63) is 0 Å². The van der Waals surface area contributed by atoms with Gasteiger partial charge >= 0.3 is 5.97 Å². The van der Waals surface area contributed by atoms with Crippen LogP contribution in [0.5, 0.6) is 0 Å².